The second-order valence-electron chi connectivity index (χ2n) is 6.97. The van der Waals surface area contributed by atoms with Crippen molar-refractivity contribution in [3.05, 3.63) is 0 Å². The first-order chi connectivity index (χ1) is 12.9. The molecule has 0 aliphatic carbocycles. The van der Waals surface area contributed by atoms with Crippen LogP contribution >= 0.6 is 15.2 Å². The van der Waals surface area contributed by atoms with Gasteiger partial charge in [0.15, 0.2) is 5.90 Å². The molecule has 12 nitrogen and oxygen atoms in total. The Labute approximate surface area is 164 Å². The molecule has 28 heavy (non-hydrogen) atoms. The Kier molecular flexibility index (Phi) is 8.40. The van der Waals surface area contributed by atoms with Crippen LogP contribution in [0, 0.1) is 0 Å². The van der Waals surface area contributed by atoms with E-state index in [1.165, 1.54) is 7.85 Å². The van der Waals surface area contributed by atoms with Gasteiger partial charge in [0.05, 0.1) is 27.0 Å². The Hall–Kier alpha value is 0.255. The van der Waals surface area contributed by atoms with Crippen molar-refractivity contribution in [2.75, 3.05) is 19.1 Å². The van der Waals surface area contributed by atoms with E-state index in [1.54, 1.807) is 7.74 Å². The molecule has 0 aromatic carbocycles. The summed E-state index contributed by atoms with van der Waals surface area (Å²) in [5.74, 6) is -1.23. The van der Waals surface area contributed by atoms with Crippen LogP contribution in [0.3, 0.4) is 0 Å². The molecule has 2 aliphatic heterocycles. The van der Waals surface area contributed by atoms with Crippen LogP contribution < -0.4 is 0 Å². The number of hydrogen-bond donors (Lipinski definition) is 6. The summed E-state index contributed by atoms with van der Waals surface area (Å²) in [5, 5.41) is 38.9. The Balaban J connectivity index is 1.83. The van der Waals surface area contributed by atoms with Gasteiger partial charge in [0.25, 0.3) is 0 Å². The third-order valence-electron chi connectivity index (χ3n) is 4.70. The molecule has 0 radical (unpaired) electrons. The molecular formula is C11H25B3O12P2. The van der Waals surface area contributed by atoms with Crippen molar-refractivity contribution < 1.29 is 57.9 Å². The van der Waals surface area contributed by atoms with Gasteiger partial charge in [-0.1, -0.05) is 0 Å². The predicted octanol–water partition coefficient (Wildman–Crippen LogP) is -5.14. The molecule has 0 bridgehead atoms. The summed E-state index contributed by atoms with van der Waals surface area (Å²) in [6.45, 7) is -1.15. The van der Waals surface area contributed by atoms with Crippen LogP contribution in [0.4, 0.5) is 0 Å². The van der Waals surface area contributed by atoms with Gasteiger partial charge in [-0.3, -0.25) is 9.13 Å². The van der Waals surface area contributed by atoms with Crippen LogP contribution in [0.25, 0.3) is 0 Å². The normalized spacial score (nSPS) is 42.8. The highest BCUT2D eigenvalue weighted by Gasteiger charge is 2.44. The molecule has 2 fully saturated rings. The molecule has 0 aromatic heterocycles. The molecule has 0 aromatic rings. The van der Waals surface area contributed by atoms with E-state index in [0.29, 0.717) is 7.17 Å². The fraction of sp³-hybridized carbons (Fsp3) is 1.00. The van der Waals surface area contributed by atoms with Crippen LogP contribution in [0.1, 0.15) is 0 Å². The summed E-state index contributed by atoms with van der Waals surface area (Å²) in [6.07, 6.45) is -7.13. The smallest absolute Gasteiger partial charge is 0.340 e. The SMILES string of the molecule is BB[C@@H]1O[C@H](COP(=O)(O)CP(=O)(O)OC[C@H]2O[C@@H](B)C(O)C2O)C(O)[C@@H]1O. The first kappa shape index (κ1) is 24.5. The minimum Gasteiger partial charge on any atom is -0.388 e. The topological polar surface area (TPSA) is 192 Å². The zero-order chi connectivity index (χ0) is 21.3. The minimum atomic E-state index is -4.61. The van der Waals surface area contributed by atoms with Crippen molar-refractivity contribution in [1.29, 1.82) is 0 Å². The predicted molar refractivity (Wildman–Crippen MR) is 102 cm³/mol. The molecular weight excluding hydrogens is 418 g/mol. The maximum absolute atomic E-state index is 12.1. The summed E-state index contributed by atoms with van der Waals surface area (Å²) in [5.41, 5.74) is 0. The lowest BCUT2D eigenvalue weighted by Crippen LogP contribution is -2.36. The largest absolute Gasteiger partial charge is 0.388 e. The third kappa shape index (κ3) is 6.13. The molecule has 6 N–H and O–H groups in total. The first-order valence-corrected chi connectivity index (χ1v) is 12.4. The van der Waals surface area contributed by atoms with Crippen LogP contribution in [0.15, 0.2) is 0 Å². The summed E-state index contributed by atoms with van der Waals surface area (Å²) >= 11 is 0. The lowest BCUT2D eigenvalue weighted by atomic mass is 9.50. The average Bonchev–Trinajstić information content (AvgIpc) is 3.01. The minimum absolute atomic E-state index is 0.410. The van der Waals surface area contributed by atoms with E-state index in [-0.39, 0.29) is 0 Å². The highest BCUT2D eigenvalue weighted by atomic mass is 31.2. The number of aliphatic hydroxyl groups excluding tert-OH is 4. The Morgan fingerprint density at radius 1 is 0.857 bits per heavy atom. The lowest BCUT2D eigenvalue weighted by Gasteiger charge is -2.21. The molecule has 2 rings (SSSR count). The molecule has 0 saturated carbocycles. The number of aliphatic hydroxyl groups is 4. The van der Waals surface area contributed by atoms with Gasteiger partial charge in [0.1, 0.15) is 51.6 Å². The Morgan fingerprint density at radius 2 is 1.32 bits per heavy atom. The Morgan fingerprint density at radius 3 is 1.71 bits per heavy atom. The van der Waals surface area contributed by atoms with Crippen LogP contribution in [0.5, 0.6) is 0 Å². The molecule has 160 valence electrons. The second kappa shape index (κ2) is 9.59. The maximum Gasteiger partial charge on any atom is 0.340 e. The zero-order valence-electron chi connectivity index (χ0n) is 15.5. The highest BCUT2D eigenvalue weighted by Crippen LogP contribution is 2.58. The van der Waals surface area contributed by atoms with E-state index in [4.69, 9.17) is 18.5 Å². The standard InChI is InChI=1S/C11H25B3O12P2/c12-10-8(17)6(15)4(25-10)1-23-27(19,20)3-28(21,22)24-2-5-7(16)9(18)11(14-13)26-5/h4-11,14-18H,1-3,12-13H2,(H,19,20)(H,21,22)/t4-,5-,6?,7?,8?,9+,10-,11-/m1/s1. The van der Waals surface area contributed by atoms with E-state index in [0.717, 1.165) is 0 Å². The van der Waals surface area contributed by atoms with Crippen molar-refractivity contribution >= 4 is 37.9 Å². The van der Waals surface area contributed by atoms with Crippen LogP contribution in [-0.4, -0.2) is 121 Å². The molecule has 5 unspecified atom stereocenters. The molecule has 0 amide bonds. The van der Waals surface area contributed by atoms with Gasteiger partial charge in [-0.25, -0.2) is 0 Å². The van der Waals surface area contributed by atoms with Crippen molar-refractivity contribution in [2.24, 2.45) is 0 Å². The van der Waals surface area contributed by atoms with Crippen molar-refractivity contribution in [3.63, 3.8) is 0 Å². The van der Waals surface area contributed by atoms with Gasteiger partial charge in [0, 0.05) is 6.00 Å². The third-order valence-corrected chi connectivity index (χ3v) is 8.67. The molecule has 10 atom stereocenters. The van der Waals surface area contributed by atoms with Gasteiger partial charge in [0.2, 0.25) is 0 Å². The summed E-state index contributed by atoms with van der Waals surface area (Å²) in [4.78, 5) is 19.6. The Bertz CT molecular complexity index is 628. The quantitative estimate of drug-likeness (QED) is 0.147. The molecule has 0 spiro atoms. The maximum atomic E-state index is 12.1. The average molecular weight is 444 g/mol. The van der Waals surface area contributed by atoms with E-state index in [1.807, 2.05) is 0 Å². The van der Waals surface area contributed by atoms with E-state index in [2.05, 4.69) is 0 Å². The summed E-state index contributed by atoms with van der Waals surface area (Å²) in [6, 6.07) is -1.35. The van der Waals surface area contributed by atoms with E-state index < -0.39 is 82.9 Å². The molecule has 2 heterocycles. The molecule has 2 saturated heterocycles. The van der Waals surface area contributed by atoms with Crippen LogP contribution in [0.2, 0.25) is 0 Å². The van der Waals surface area contributed by atoms with Crippen LogP contribution in [-0.2, 0) is 27.7 Å². The van der Waals surface area contributed by atoms with Gasteiger partial charge >= 0.3 is 15.2 Å². The van der Waals surface area contributed by atoms with Gasteiger partial charge in [-0.05, 0) is 0 Å². The molecule has 17 heteroatoms. The van der Waals surface area contributed by atoms with Crippen molar-refractivity contribution in [3.8, 4) is 0 Å². The first-order valence-electron chi connectivity index (χ1n) is 8.82. The molecule has 2 aliphatic rings. The van der Waals surface area contributed by atoms with Gasteiger partial charge < -0.3 is 48.7 Å². The van der Waals surface area contributed by atoms with E-state index in [9.17, 15) is 39.3 Å². The lowest BCUT2D eigenvalue weighted by molar-refractivity contribution is -0.00601. The monoisotopic (exact) mass is 444 g/mol. The van der Waals surface area contributed by atoms with Gasteiger partial charge in [-0.2, -0.15) is 0 Å². The zero-order valence-corrected chi connectivity index (χ0v) is 17.3. The highest BCUT2D eigenvalue weighted by molar-refractivity contribution is 7.70. The fourth-order valence-corrected chi connectivity index (χ4v) is 6.28. The van der Waals surface area contributed by atoms with Crippen molar-refractivity contribution in [2.45, 2.75) is 48.6 Å². The van der Waals surface area contributed by atoms with Gasteiger partial charge in [-0.15, -0.1) is 0 Å². The number of ether oxygens (including phenoxy) is 2. The summed E-state index contributed by atoms with van der Waals surface area (Å²) in [7, 11) is -5.57. The summed E-state index contributed by atoms with van der Waals surface area (Å²) < 4.78 is 44.2. The second-order valence-corrected chi connectivity index (χ2v) is 11.2. The fourth-order valence-electron chi connectivity index (χ4n) is 3.06. The number of hydrogen-bond acceptors (Lipinski definition) is 10. The van der Waals surface area contributed by atoms with Crippen molar-refractivity contribution in [1.82, 2.24) is 0 Å². The van der Waals surface area contributed by atoms with E-state index >= 15 is 0 Å². The number of rotatable bonds is 9.